The highest BCUT2D eigenvalue weighted by atomic mass is 35.5. The van der Waals surface area contributed by atoms with Gasteiger partial charge in [-0.1, -0.05) is 22.8 Å². The Morgan fingerprint density at radius 2 is 2.00 bits per heavy atom. The third-order valence-electron chi connectivity index (χ3n) is 5.17. The van der Waals surface area contributed by atoms with Gasteiger partial charge in [0.15, 0.2) is 17.3 Å². The molecule has 5 rings (SSSR count). The van der Waals surface area contributed by atoms with Crippen LogP contribution >= 0.6 is 22.9 Å². The smallest absolute Gasteiger partial charge is 0.239 e. The summed E-state index contributed by atoms with van der Waals surface area (Å²) in [5.41, 5.74) is 1.82. The molecule has 0 bridgehead atoms. The fourth-order valence-corrected chi connectivity index (χ4v) is 6.57. The van der Waals surface area contributed by atoms with Gasteiger partial charge in [-0.15, -0.1) is 11.3 Å². The quantitative estimate of drug-likeness (QED) is 0.436. The molecule has 2 aromatic heterocycles. The second kappa shape index (κ2) is 7.66. The van der Waals surface area contributed by atoms with E-state index in [1.165, 1.54) is 18.4 Å². The predicted octanol–water partition coefficient (Wildman–Crippen LogP) is 4.49. The first kappa shape index (κ1) is 21.1. The number of fused-ring (bicyclic) bond motifs is 2. The van der Waals surface area contributed by atoms with Crippen molar-refractivity contribution >= 4 is 43.0 Å². The number of sulfonamides is 1. The molecular formula is C21H17ClN2O6S2. The van der Waals surface area contributed by atoms with Crippen LogP contribution in [-0.2, 0) is 16.4 Å². The molecule has 0 aliphatic carbocycles. The van der Waals surface area contributed by atoms with Crippen LogP contribution in [0.3, 0.4) is 0 Å². The zero-order valence-electron chi connectivity index (χ0n) is 17.0. The van der Waals surface area contributed by atoms with Gasteiger partial charge in [0.05, 0.1) is 17.5 Å². The number of primary sulfonamides is 1. The van der Waals surface area contributed by atoms with Gasteiger partial charge < -0.3 is 18.7 Å². The van der Waals surface area contributed by atoms with Crippen molar-refractivity contribution in [1.29, 1.82) is 0 Å². The predicted molar refractivity (Wildman–Crippen MR) is 120 cm³/mol. The number of thiophene rings is 1. The summed E-state index contributed by atoms with van der Waals surface area (Å²) in [6, 6.07) is 8.91. The van der Waals surface area contributed by atoms with Crippen molar-refractivity contribution < 1.29 is 27.2 Å². The van der Waals surface area contributed by atoms with Crippen molar-refractivity contribution in [2.75, 3.05) is 13.9 Å². The lowest BCUT2D eigenvalue weighted by Crippen LogP contribution is -2.14. The molecule has 0 saturated carbocycles. The Balaban J connectivity index is 1.77. The molecule has 166 valence electrons. The number of ether oxygens (including phenoxy) is 3. The number of aromatic nitrogens is 1. The van der Waals surface area contributed by atoms with E-state index < -0.39 is 10.0 Å². The molecule has 0 unspecified atom stereocenters. The normalized spacial score (nSPS) is 13.1. The van der Waals surface area contributed by atoms with Gasteiger partial charge in [-0.2, -0.15) is 0 Å². The summed E-state index contributed by atoms with van der Waals surface area (Å²) in [6.45, 7) is 1.86. The molecule has 8 nitrogen and oxygen atoms in total. The largest absolute Gasteiger partial charge is 0.495 e. The Kier molecular flexibility index (Phi) is 5.05. The number of hydrogen-bond donors (Lipinski definition) is 1. The van der Waals surface area contributed by atoms with Crippen molar-refractivity contribution in [2.45, 2.75) is 18.2 Å². The summed E-state index contributed by atoms with van der Waals surface area (Å²) in [4.78, 5) is 0.564. The van der Waals surface area contributed by atoms with Crippen LogP contribution in [0.25, 0.3) is 21.4 Å². The number of benzene rings is 2. The van der Waals surface area contributed by atoms with E-state index in [0.717, 1.165) is 5.56 Å². The van der Waals surface area contributed by atoms with E-state index in [2.05, 4.69) is 5.16 Å². The maximum atomic E-state index is 12.8. The Hall–Kier alpha value is -2.79. The average Bonchev–Trinajstić information content (AvgIpc) is 3.44. The molecule has 0 saturated heterocycles. The summed E-state index contributed by atoms with van der Waals surface area (Å²) in [5.74, 6) is 2.05. The molecule has 32 heavy (non-hydrogen) atoms. The standard InChI is InChI=1S/C21H17ClN2O6S2/c1-10-18(22)19(30-24-10)12-4-6-14(27-2)20-17(12)21(32(23,25)26)16(31-20)8-11-3-5-13-15(7-11)29-9-28-13/h3-7H,8-9H2,1-2H3,(H2,23,25,26). The van der Waals surface area contributed by atoms with Crippen molar-refractivity contribution in [2.24, 2.45) is 5.14 Å². The molecular weight excluding hydrogens is 476 g/mol. The van der Waals surface area contributed by atoms with E-state index in [4.69, 9.17) is 35.5 Å². The van der Waals surface area contributed by atoms with Gasteiger partial charge in [-0.3, -0.25) is 0 Å². The summed E-state index contributed by atoms with van der Waals surface area (Å²) < 4.78 is 48.0. The third kappa shape index (κ3) is 3.39. The maximum absolute atomic E-state index is 12.8. The highest BCUT2D eigenvalue weighted by Gasteiger charge is 2.29. The minimum atomic E-state index is -4.12. The molecule has 2 aromatic carbocycles. The van der Waals surface area contributed by atoms with Crippen LogP contribution in [0.15, 0.2) is 39.8 Å². The number of halogens is 1. The van der Waals surface area contributed by atoms with E-state index in [1.54, 1.807) is 25.1 Å². The fraction of sp³-hybridized carbons (Fsp3) is 0.190. The number of nitrogens with two attached hydrogens (primary N) is 1. The Bertz CT molecular complexity index is 1480. The minimum Gasteiger partial charge on any atom is -0.495 e. The molecule has 1 aliphatic rings. The molecule has 0 radical (unpaired) electrons. The van der Waals surface area contributed by atoms with Gasteiger partial charge in [0, 0.05) is 22.2 Å². The lowest BCUT2D eigenvalue weighted by atomic mass is 10.0. The van der Waals surface area contributed by atoms with Crippen LogP contribution in [0.2, 0.25) is 5.02 Å². The summed E-state index contributed by atoms with van der Waals surface area (Å²) >= 11 is 7.67. The molecule has 4 aromatic rings. The lowest BCUT2D eigenvalue weighted by Gasteiger charge is -2.08. The molecule has 0 amide bonds. The van der Waals surface area contributed by atoms with Crippen LogP contribution in [-0.4, -0.2) is 27.5 Å². The van der Waals surface area contributed by atoms with Crippen molar-refractivity contribution in [3.05, 3.63) is 51.5 Å². The van der Waals surface area contributed by atoms with E-state index in [9.17, 15) is 8.42 Å². The van der Waals surface area contributed by atoms with Crippen LogP contribution in [0, 0.1) is 6.92 Å². The van der Waals surface area contributed by atoms with E-state index >= 15 is 0 Å². The highest BCUT2D eigenvalue weighted by molar-refractivity contribution is 7.89. The monoisotopic (exact) mass is 492 g/mol. The SMILES string of the molecule is COc1ccc(-c2onc(C)c2Cl)c2c(S(N)(=O)=O)c(Cc3ccc4c(c3)OCO4)sc12. The summed E-state index contributed by atoms with van der Waals surface area (Å²) in [6.07, 6.45) is 0.313. The Morgan fingerprint density at radius 1 is 1.22 bits per heavy atom. The molecule has 1 aliphatic heterocycles. The molecule has 0 spiro atoms. The van der Waals surface area contributed by atoms with Crippen LogP contribution in [0.4, 0.5) is 0 Å². The lowest BCUT2D eigenvalue weighted by molar-refractivity contribution is 0.174. The number of aryl methyl sites for hydroxylation is 1. The van der Waals surface area contributed by atoms with E-state index in [0.29, 0.717) is 54.9 Å². The average molecular weight is 493 g/mol. The van der Waals surface area contributed by atoms with Crippen molar-refractivity contribution in [3.63, 3.8) is 0 Å². The topological polar surface area (TPSA) is 114 Å². The third-order valence-corrected chi connectivity index (χ3v) is 7.97. The number of hydrogen-bond acceptors (Lipinski definition) is 8. The molecule has 3 heterocycles. The Labute approximate surface area is 192 Å². The van der Waals surface area contributed by atoms with Gasteiger partial charge in [0.2, 0.25) is 16.8 Å². The fourth-order valence-electron chi connectivity index (χ4n) is 3.73. The van der Waals surface area contributed by atoms with Crippen LogP contribution < -0.4 is 19.3 Å². The first-order chi connectivity index (χ1) is 15.3. The van der Waals surface area contributed by atoms with E-state index in [-0.39, 0.29) is 17.4 Å². The minimum absolute atomic E-state index is 0.00851. The number of nitrogens with zero attached hydrogens (tertiary/aromatic N) is 1. The molecule has 0 fully saturated rings. The van der Waals surface area contributed by atoms with Crippen LogP contribution in [0.1, 0.15) is 16.1 Å². The van der Waals surface area contributed by atoms with Gasteiger partial charge in [0.1, 0.15) is 15.7 Å². The first-order valence-corrected chi connectivity index (χ1v) is 12.2. The summed E-state index contributed by atoms with van der Waals surface area (Å²) in [7, 11) is -2.59. The number of rotatable bonds is 5. The first-order valence-electron chi connectivity index (χ1n) is 9.43. The highest BCUT2D eigenvalue weighted by Crippen LogP contribution is 2.47. The summed E-state index contributed by atoms with van der Waals surface area (Å²) in [5, 5.41) is 10.3. The van der Waals surface area contributed by atoms with E-state index in [1.807, 2.05) is 12.1 Å². The zero-order valence-corrected chi connectivity index (χ0v) is 19.4. The second-order valence-corrected chi connectivity index (χ2v) is 10.2. The maximum Gasteiger partial charge on any atom is 0.239 e. The Morgan fingerprint density at radius 3 is 2.69 bits per heavy atom. The molecule has 0 atom stereocenters. The van der Waals surface area contributed by atoms with Crippen molar-refractivity contribution in [3.8, 4) is 28.6 Å². The molecule has 11 heteroatoms. The van der Waals surface area contributed by atoms with Gasteiger partial charge >= 0.3 is 0 Å². The van der Waals surface area contributed by atoms with Gasteiger partial charge in [0.25, 0.3) is 0 Å². The molecule has 2 N–H and O–H groups in total. The number of methoxy groups -OCH3 is 1. The second-order valence-electron chi connectivity index (χ2n) is 7.19. The van der Waals surface area contributed by atoms with Crippen LogP contribution in [0.5, 0.6) is 17.2 Å². The van der Waals surface area contributed by atoms with Gasteiger partial charge in [-0.25, -0.2) is 13.6 Å². The zero-order chi connectivity index (χ0) is 22.6. The van der Waals surface area contributed by atoms with Crippen molar-refractivity contribution in [1.82, 2.24) is 5.16 Å². The van der Waals surface area contributed by atoms with Gasteiger partial charge in [-0.05, 0) is 36.8 Å².